The largest absolute Gasteiger partial charge is 0.377 e. The minimum atomic E-state index is 0.369. The van der Waals surface area contributed by atoms with E-state index in [0.717, 1.165) is 36.7 Å². The van der Waals surface area contributed by atoms with Crippen LogP contribution in [0.2, 0.25) is 0 Å². The SMILES string of the molecule is Cc1nccc(N2CCOCC2CBr)n1. The van der Waals surface area contributed by atoms with Crippen LogP contribution in [0.1, 0.15) is 5.82 Å². The number of alkyl halides is 1. The van der Waals surface area contributed by atoms with Crippen LogP contribution in [0.4, 0.5) is 5.82 Å². The molecule has 2 rings (SSSR count). The summed E-state index contributed by atoms with van der Waals surface area (Å²) in [5, 5.41) is 0.899. The molecule has 0 bridgehead atoms. The molecular formula is C10H14BrN3O. The van der Waals surface area contributed by atoms with Crippen LogP contribution < -0.4 is 4.90 Å². The molecule has 1 aliphatic rings. The number of rotatable bonds is 2. The van der Waals surface area contributed by atoms with E-state index in [1.54, 1.807) is 6.20 Å². The van der Waals surface area contributed by atoms with Gasteiger partial charge in [0.1, 0.15) is 11.6 Å². The van der Waals surface area contributed by atoms with Crippen LogP contribution in [0.3, 0.4) is 0 Å². The Hall–Kier alpha value is -0.680. The van der Waals surface area contributed by atoms with Gasteiger partial charge in [-0.2, -0.15) is 0 Å². The maximum Gasteiger partial charge on any atom is 0.132 e. The molecule has 1 fully saturated rings. The topological polar surface area (TPSA) is 38.2 Å². The molecule has 0 radical (unpaired) electrons. The smallest absolute Gasteiger partial charge is 0.132 e. The van der Waals surface area contributed by atoms with Crippen molar-refractivity contribution in [1.29, 1.82) is 0 Å². The van der Waals surface area contributed by atoms with Crippen molar-refractivity contribution in [3.8, 4) is 0 Å². The number of anilines is 1. The number of halogens is 1. The summed E-state index contributed by atoms with van der Waals surface area (Å²) in [5.41, 5.74) is 0. The Morgan fingerprint density at radius 1 is 1.67 bits per heavy atom. The van der Waals surface area contributed by atoms with Crippen LogP contribution in [-0.4, -0.2) is 41.1 Å². The van der Waals surface area contributed by atoms with E-state index in [9.17, 15) is 0 Å². The molecule has 1 aromatic heterocycles. The maximum absolute atomic E-state index is 5.44. The second kappa shape index (κ2) is 4.90. The number of aromatic nitrogens is 2. The Morgan fingerprint density at radius 3 is 3.27 bits per heavy atom. The van der Waals surface area contributed by atoms with E-state index in [4.69, 9.17) is 4.74 Å². The van der Waals surface area contributed by atoms with E-state index < -0.39 is 0 Å². The summed E-state index contributed by atoms with van der Waals surface area (Å²) in [6.45, 7) is 4.33. The molecule has 0 spiro atoms. The van der Waals surface area contributed by atoms with Crippen LogP contribution in [0, 0.1) is 6.92 Å². The van der Waals surface area contributed by atoms with E-state index in [1.165, 1.54) is 0 Å². The first kappa shape index (κ1) is 10.8. The average Bonchev–Trinajstić information content (AvgIpc) is 2.29. The quantitative estimate of drug-likeness (QED) is 0.762. The zero-order chi connectivity index (χ0) is 10.7. The van der Waals surface area contributed by atoms with Crippen LogP contribution in [-0.2, 0) is 4.74 Å². The Balaban J connectivity index is 2.20. The van der Waals surface area contributed by atoms with Gasteiger partial charge in [0.15, 0.2) is 0 Å². The highest BCUT2D eigenvalue weighted by Gasteiger charge is 2.23. The van der Waals surface area contributed by atoms with Crippen LogP contribution in [0.25, 0.3) is 0 Å². The first-order valence-electron chi connectivity index (χ1n) is 5.01. The molecule has 2 heterocycles. The highest BCUT2D eigenvalue weighted by atomic mass is 79.9. The van der Waals surface area contributed by atoms with Gasteiger partial charge in [-0.1, -0.05) is 15.9 Å². The zero-order valence-electron chi connectivity index (χ0n) is 8.69. The second-order valence-corrected chi connectivity index (χ2v) is 4.19. The lowest BCUT2D eigenvalue weighted by Gasteiger charge is -2.35. The molecule has 5 heteroatoms. The number of hydrogen-bond acceptors (Lipinski definition) is 4. The lowest BCUT2D eigenvalue weighted by Crippen LogP contribution is -2.47. The molecule has 0 amide bonds. The molecule has 1 aliphatic heterocycles. The molecule has 0 N–H and O–H groups in total. The number of ether oxygens (including phenoxy) is 1. The first-order valence-corrected chi connectivity index (χ1v) is 6.13. The Kier molecular flexibility index (Phi) is 3.53. The second-order valence-electron chi connectivity index (χ2n) is 3.54. The van der Waals surface area contributed by atoms with Crippen molar-refractivity contribution in [2.45, 2.75) is 13.0 Å². The highest BCUT2D eigenvalue weighted by molar-refractivity contribution is 9.09. The predicted octanol–water partition coefficient (Wildman–Crippen LogP) is 1.39. The summed E-state index contributed by atoms with van der Waals surface area (Å²) in [6.07, 6.45) is 1.80. The van der Waals surface area contributed by atoms with Gasteiger partial charge >= 0.3 is 0 Å². The van der Waals surface area contributed by atoms with Crippen molar-refractivity contribution >= 4 is 21.7 Å². The molecule has 1 atom stereocenters. The van der Waals surface area contributed by atoms with Crippen molar-refractivity contribution in [2.75, 3.05) is 30.0 Å². The maximum atomic E-state index is 5.44. The molecule has 0 aliphatic carbocycles. The van der Waals surface area contributed by atoms with Gasteiger partial charge in [0, 0.05) is 18.1 Å². The summed E-state index contributed by atoms with van der Waals surface area (Å²) < 4.78 is 5.44. The number of morpholine rings is 1. The number of aryl methyl sites for hydroxylation is 1. The van der Waals surface area contributed by atoms with Gasteiger partial charge in [-0.3, -0.25) is 0 Å². The first-order chi connectivity index (χ1) is 7.31. The molecule has 15 heavy (non-hydrogen) atoms. The standard InChI is InChI=1S/C10H14BrN3O/c1-8-12-3-2-10(13-8)14-4-5-15-7-9(14)6-11/h2-3,9H,4-7H2,1H3. The van der Waals surface area contributed by atoms with Gasteiger partial charge in [-0.25, -0.2) is 9.97 Å². The van der Waals surface area contributed by atoms with E-state index in [2.05, 4.69) is 30.8 Å². The van der Waals surface area contributed by atoms with Gasteiger partial charge in [0.05, 0.1) is 19.3 Å². The minimum Gasteiger partial charge on any atom is -0.377 e. The summed E-state index contributed by atoms with van der Waals surface area (Å²) in [6, 6.07) is 2.32. The zero-order valence-corrected chi connectivity index (χ0v) is 10.3. The van der Waals surface area contributed by atoms with E-state index in [0.29, 0.717) is 6.04 Å². The monoisotopic (exact) mass is 271 g/mol. The molecule has 82 valence electrons. The Bertz CT molecular complexity index is 334. The molecular weight excluding hydrogens is 258 g/mol. The van der Waals surface area contributed by atoms with Crippen LogP contribution in [0.5, 0.6) is 0 Å². The van der Waals surface area contributed by atoms with Crippen molar-refractivity contribution in [3.63, 3.8) is 0 Å². The molecule has 4 nitrogen and oxygen atoms in total. The lowest BCUT2D eigenvalue weighted by atomic mass is 10.2. The van der Waals surface area contributed by atoms with Crippen molar-refractivity contribution in [1.82, 2.24) is 9.97 Å². The normalized spacial score (nSPS) is 21.7. The van der Waals surface area contributed by atoms with Gasteiger partial charge in [0.2, 0.25) is 0 Å². The molecule has 0 saturated carbocycles. The van der Waals surface area contributed by atoms with Gasteiger partial charge < -0.3 is 9.64 Å². The van der Waals surface area contributed by atoms with E-state index in [1.807, 2.05) is 13.0 Å². The molecule has 1 unspecified atom stereocenters. The van der Waals surface area contributed by atoms with Gasteiger partial charge in [-0.05, 0) is 13.0 Å². The molecule has 1 aromatic rings. The summed E-state index contributed by atoms with van der Waals surface area (Å²) in [4.78, 5) is 10.8. The summed E-state index contributed by atoms with van der Waals surface area (Å²) >= 11 is 3.50. The van der Waals surface area contributed by atoms with E-state index >= 15 is 0 Å². The Labute approximate surface area is 97.8 Å². The van der Waals surface area contributed by atoms with Crippen LogP contribution in [0.15, 0.2) is 12.3 Å². The molecule has 0 aromatic carbocycles. The molecule has 1 saturated heterocycles. The number of nitrogens with zero attached hydrogens (tertiary/aromatic N) is 3. The third-order valence-electron chi connectivity index (χ3n) is 2.46. The lowest BCUT2D eigenvalue weighted by molar-refractivity contribution is 0.1000. The van der Waals surface area contributed by atoms with Gasteiger partial charge in [-0.15, -0.1) is 0 Å². The fraction of sp³-hybridized carbons (Fsp3) is 0.600. The van der Waals surface area contributed by atoms with Gasteiger partial charge in [0.25, 0.3) is 0 Å². The third-order valence-corrected chi connectivity index (χ3v) is 3.21. The van der Waals surface area contributed by atoms with Crippen molar-refractivity contribution < 1.29 is 4.74 Å². The fourth-order valence-electron chi connectivity index (χ4n) is 1.69. The van der Waals surface area contributed by atoms with Crippen LogP contribution >= 0.6 is 15.9 Å². The van der Waals surface area contributed by atoms with Crippen molar-refractivity contribution in [2.24, 2.45) is 0 Å². The summed E-state index contributed by atoms with van der Waals surface area (Å²) in [5.74, 6) is 1.81. The average molecular weight is 272 g/mol. The highest BCUT2D eigenvalue weighted by Crippen LogP contribution is 2.17. The minimum absolute atomic E-state index is 0.369. The Morgan fingerprint density at radius 2 is 2.53 bits per heavy atom. The fourth-order valence-corrected chi connectivity index (χ4v) is 2.22. The third kappa shape index (κ3) is 2.46. The number of hydrogen-bond donors (Lipinski definition) is 0. The summed E-state index contributed by atoms with van der Waals surface area (Å²) in [7, 11) is 0. The predicted molar refractivity (Wildman–Crippen MR) is 62.5 cm³/mol. The van der Waals surface area contributed by atoms with Crippen molar-refractivity contribution in [3.05, 3.63) is 18.1 Å². The van der Waals surface area contributed by atoms with E-state index in [-0.39, 0.29) is 0 Å².